The van der Waals surface area contributed by atoms with Crippen molar-refractivity contribution in [3.8, 4) is 0 Å². The van der Waals surface area contributed by atoms with Crippen LogP contribution >= 0.6 is 11.6 Å². The third-order valence-corrected chi connectivity index (χ3v) is 3.83. The van der Waals surface area contributed by atoms with Crippen LogP contribution in [0.5, 0.6) is 0 Å². The third kappa shape index (κ3) is 3.03. The van der Waals surface area contributed by atoms with Gasteiger partial charge in [0.2, 0.25) is 5.95 Å². The highest BCUT2D eigenvalue weighted by molar-refractivity contribution is 6.29. The minimum atomic E-state index is -0.309. The molecule has 1 aliphatic rings. The maximum absolute atomic E-state index is 9.66. The van der Waals surface area contributed by atoms with Crippen LogP contribution in [0.4, 0.5) is 11.8 Å². The number of nitrogen functional groups attached to an aromatic ring is 1. The third-order valence-electron chi connectivity index (χ3n) is 3.64. The number of hydrogen-bond donors (Lipinski definition) is 3. The van der Waals surface area contributed by atoms with Gasteiger partial charge in [-0.3, -0.25) is 0 Å². The zero-order valence-electron chi connectivity index (χ0n) is 10.5. The van der Waals surface area contributed by atoms with Crippen molar-refractivity contribution in [1.82, 2.24) is 9.97 Å². The first-order chi connectivity index (χ1) is 8.53. The largest absolute Gasteiger partial charge is 0.394 e. The highest BCUT2D eigenvalue weighted by atomic mass is 35.5. The summed E-state index contributed by atoms with van der Waals surface area (Å²) in [6.07, 6.45) is 4.04. The van der Waals surface area contributed by atoms with Gasteiger partial charge in [-0.05, 0) is 31.6 Å². The normalized spacial score (nSPS) is 28.1. The highest BCUT2D eigenvalue weighted by Gasteiger charge is 2.33. The fourth-order valence-electron chi connectivity index (χ4n) is 2.41. The molecular weight excluding hydrogens is 252 g/mol. The summed E-state index contributed by atoms with van der Waals surface area (Å²) in [6, 6.07) is 1.63. The van der Waals surface area contributed by atoms with E-state index in [-0.39, 0.29) is 18.1 Å². The molecule has 1 aromatic rings. The van der Waals surface area contributed by atoms with E-state index in [9.17, 15) is 5.11 Å². The van der Waals surface area contributed by atoms with Crippen LogP contribution in [0.3, 0.4) is 0 Å². The van der Waals surface area contributed by atoms with E-state index < -0.39 is 0 Å². The minimum absolute atomic E-state index is 0.0846. The molecule has 0 aliphatic heterocycles. The average molecular weight is 271 g/mol. The number of aliphatic hydroxyl groups excluding tert-OH is 1. The summed E-state index contributed by atoms with van der Waals surface area (Å²) in [6.45, 7) is 2.32. The maximum atomic E-state index is 9.66. The zero-order chi connectivity index (χ0) is 13.2. The molecule has 0 atom stereocenters. The molecule has 1 heterocycles. The molecular formula is C12H19ClN4O. The molecule has 0 saturated heterocycles. The quantitative estimate of drug-likeness (QED) is 0.732. The monoisotopic (exact) mass is 270 g/mol. The fourth-order valence-corrected chi connectivity index (χ4v) is 2.60. The van der Waals surface area contributed by atoms with Gasteiger partial charge in [0.15, 0.2) is 0 Å². The van der Waals surface area contributed by atoms with Gasteiger partial charge >= 0.3 is 0 Å². The molecule has 1 saturated carbocycles. The van der Waals surface area contributed by atoms with Gasteiger partial charge in [-0.25, -0.2) is 4.98 Å². The van der Waals surface area contributed by atoms with Crippen LogP contribution in [0.2, 0.25) is 5.15 Å². The summed E-state index contributed by atoms with van der Waals surface area (Å²) in [5.41, 5.74) is 5.25. The predicted octanol–water partition coefficient (Wildman–Crippen LogP) is 2.07. The van der Waals surface area contributed by atoms with E-state index >= 15 is 0 Å². The van der Waals surface area contributed by atoms with Gasteiger partial charge in [-0.1, -0.05) is 18.5 Å². The second-order valence-corrected chi connectivity index (χ2v) is 5.57. The van der Waals surface area contributed by atoms with E-state index in [0.29, 0.717) is 16.9 Å². The molecule has 1 aliphatic carbocycles. The van der Waals surface area contributed by atoms with Gasteiger partial charge in [0.1, 0.15) is 11.0 Å². The topological polar surface area (TPSA) is 84.1 Å². The van der Waals surface area contributed by atoms with Crippen molar-refractivity contribution in [3.63, 3.8) is 0 Å². The smallest absolute Gasteiger partial charge is 0.223 e. The van der Waals surface area contributed by atoms with Gasteiger partial charge in [-0.2, -0.15) is 4.98 Å². The van der Waals surface area contributed by atoms with Crippen LogP contribution in [0.15, 0.2) is 6.07 Å². The van der Waals surface area contributed by atoms with Crippen molar-refractivity contribution in [2.45, 2.75) is 38.1 Å². The van der Waals surface area contributed by atoms with E-state index in [1.54, 1.807) is 6.07 Å². The summed E-state index contributed by atoms with van der Waals surface area (Å²) >= 11 is 5.85. The average Bonchev–Trinajstić information content (AvgIpc) is 2.31. The van der Waals surface area contributed by atoms with E-state index in [1.807, 2.05) is 0 Å². The van der Waals surface area contributed by atoms with Crippen molar-refractivity contribution in [3.05, 3.63) is 11.2 Å². The van der Waals surface area contributed by atoms with E-state index in [0.717, 1.165) is 25.7 Å². The van der Waals surface area contributed by atoms with Gasteiger partial charge in [0, 0.05) is 6.07 Å². The van der Waals surface area contributed by atoms with Crippen molar-refractivity contribution in [2.75, 3.05) is 17.7 Å². The molecule has 0 spiro atoms. The van der Waals surface area contributed by atoms with Gasteiger partial charge in [-0.15, -0.1) is 0 Å². The minimum Gasteiger partial charge on any atom is -0.394 e. The molecule has 0 unspecified atom stereocenters. The molecule has 2 rings (SSSR count). The first kappa shape index (κ1) is 13.4. The molecule has 100 valence electrons. The number of anilines is 2. The standard InChI is InChI=1S/C12H19ClN4O/c1-8-2-4-12(7-18,5-3-8)17-10-6-9(13)15-11(14)16-10/h6,8,18H,2-5,7H2,1H3,(H3,14,15,16,17). The van der Waals surface area contributed by atoms with Gasteiger partial charge in [0.25, 0.3) is 0 Å². The summed E-state index contributed by atoms with van der Waals surface area (Å²) in [5, 5.41) is 13.2. The lowest BCUT2D eigenvalue weighted by Gasteiger charge is -2.39. The fraction of sp³-hybridized carbons (Fsp3) is 0.667. The Morgan fingerprint density at radius 1 is 1.50 bits per heavy atom. The van der Waals surface area contributed by atoms with E-state index in [2.05, 4.69) is 22.2 Å². The molecule has 1 fully saturated rings. The van der Waals surface area contributed by atoms with Crippen LogP contribution in [-0.2, 0) is 0 Å². The summed E-state index contributed by atoms with van der Waals surface area (Å²) in [5.74, 6) is 1.43. The van der Waals surface area contributed by atoms with Crippen LogP contribution in [0, 0.1) is 5.92 Å². The molecule has 0 aromatic carbocycles. The number of nitrogens with two attached hydrogens (primary N) is 1. The number of rotatable bonds is 3. The summed E-state index contributed by atoms with van der Waals surface area (Å²) in [4.78, 5) is 7.92. The number of aromatic nitrogens is 2. The number of aliphatic hydroxyl groups is 1. The lowest BCUT2D eigenvalue weighted by atomic mass is 9.77. The molecule has 5 nitrogen and oxygen atoms in total. The Bertz CT molecular complexity index is 398. The molecule has 0 amide bonds. The van der Waals surface area contributed by atoms with Crippen molar-refractivity contribution < 1.29 is 5.11 Å². The zero-order valence-corrected chi connectivity index (χ0v) is 11.2. The Labute approximate surface area is 112 Å². The molecule has 0 radical (unpaired) electrons. The lowest BCUT2D eigenvalue weighted by molar-refractivity contribution is 0.155. The number of halogens is 1. The summed E-state index contributed by atoms with van der Waals surface area (Å²) < 4.78 is 0. The maximum Gasteiger partial charge on any atom is 0.223 e. The van der Waals surface area contributed by atoms with Crippen LogP contribution in [0.1, 0.15) is 32.6 Å². The second-order valence-electron chi connectivity index (χ2n) is 5.18. The molecule has 6 heteroatoms. The van der Waals surface area contributed by atoms with E-state index in [1.165, 1.54) is 0 Å². The number of nitrogens with zero attached hydrogens (tertiary/aromatic N) is 2. The van der Waals surface area contributed by atoms with Crippen LogP contribution in [0.25, 0.3) is 0 Å². The Balaban J connectivity index is 2.14. The predicted molar refractivity (Wildman–Crippen MR) is 72.5 cm³/mol. The van der Waals surface area contributed by atoms with Gasteiger partial charge in [0.05, 0.1) is 12.1 Å². The molecule has 18 heavy (non-hydrogen) atoms. The number of hydrogen-bond acceptors (Lipinski definition) is 5. The second kappa shape index (κ2) is 5.28. The Kier molecular flexibility index (Phi) is 3.92. The Morgan fingerprint density at radius 2 is 2.17 bits per heavy atom. The summed E-state index contributed by atoms with van der Waals surface area (Å²) in [7, 11) is 0. The van der Waals surface area contributed by atoms with Crippen molar-refractivity contribution in [1.29, 1.82) is 0 Å². The van der Waals surface area contributed by atoms with Crippen LogP contribution in [-0.4, -0.2) is 27.2 Å². The lowest BCUT2D eigenvalue weighted by Crippen LogP contribution is -2.45. The van der Waals surface area contributed by atoms with Gasteiger partial charge < -0.3 is 16.2 Å². The van der Waals surface area contributed by atoms with Crippen LogP contribution < -0.4 is 11.1 Å². The Hall–Kier alpha value is -1.07. The van der Waals surface area contributed by atoms with Crippen molar-refractivity contribution >= 4 is 23.4 Å². The van der Waals surface area contributed by atoms with Crippen molar-refractivity contribution in [2.24, 2.45) is 5.92 Å². The van der Waals surface area contributed by atoms with E-state index in [4.69, 9.17) is 17.3 Å². The highest BCUT2D eigenvalue weighted by Crippen LogP contribution is 2.34. The first-order valence-electron chi connectivity index (χ1n) is 6.22. The Morgan fingerprint density at radius 3 is 2.72 bits per heavy atom. The first-order valence-corrected chi connectivity index (χ1v) is 6.60. The number of nitrogens with one attached hydrogen (secondary N) is 1. The molecule has 0 bridgehead atoms. The molecule has 4 N–H and O–H groups in total. The molecule has 1 aromatic heterocycles. The SMILES string of the molecule is CC1CCC(CO)(Nc2cc(Cl)nc(N)n2)CC1.